The van der Waals surface area contributed by atoms with Gasteiger partial charge in [0.05, 0.1) is 0 Å². The highest BCUT2D eigenvalue weighted by atomic mass is 16.5. The molecule has 1 atom stereocenters. The second kappa shape index (κ2) is 8.39. The predicted octanol–water partition coefficient (Wildman–Crippen LogP) is 2.07. The first-order chi connectivity index (χ1) is 9.63. The number of rotatable bonds is 7. The van der Waals surface area contributed by atoms with Crippen molar-refractivity contribution in [3.8, 4) is 0 Å². The Hall–Kier alpha value is -2.73. The quantitative estimate of drug-likeness (QED) is 0.450. The number of hydrogen-bond acceptors (Lipinski definition) is 4. The summed E-state index contributed by atoms with van der Waals surface area (Å²) in [5.41, 5.74) is 8.90. The van der Waals surface area contributed by atoms with Crippen LogP contribution in [0.15, 0.2) is 35.4 Å². The highest BCUT2D eigenvalue weighted by Gasteiger charge is 2.19. The molecule has 0 aliphatic carbocycles. The first kappa shape index (κ1) is 15.3. The van der Waals surface area contributed by atoms with Gasteiger partial charge in [-0.1, -0.05) is 35.4 Å². The van der Waals surface area contributed by atoms with Gasteiger partial charge in [0.25, 0.3) is 0 Å². The topological polar surface area (TPSA) is 124 Å². The van der Waals surface area contributed by atoms with Crippen molar-refractivity contribution in [2.75, 3.05) is 6.54 Å². The third-order valence-corrected chi connectivity index (χ3v) is 2.38. The Kier molecular flexibility index (Phi) is 6.43. The molecule has 20 heavy (non-hydrogen) atoms. The van der Waals surface area contributed by atoms with Gasteiger partial charge in [0.2, 0.25) is 0 Å². The number of nitrogens with zero attached hydrogens (tertiary/aromatic N) is 3. The molecule has 1 rings (SSSR count). The van der Waals surface area contributed by atoms with Gasteiger partial charge < -0.3 is 15.2 Å². The van der Waals surface area contributed by atoms with Crippen LogP contribution in [0.5, 0.6) is 0 Å². The van der Waals surface area contributed by atoms with Gasteiger partial charge in [0.15, 0.2) is 0 Å². The standard InChI is InChI=1S/C12H14N4O4/c13-16-14-7-6-10(11(17)18)15-12(19)20-8-9-4-2-1-3-5-9/h1-5,10H,6-8H2,(H,15,19)(H,17,18)/t10-/m0/s1. The fraction of sp³-hybridized carbons (Fsp3) is 0.333. The van der Waals surface area contributed by atoms with Gasteiger partial charge in [-0.3, -0.25) is 0 Å². The average Bonchev–Trinajstić information content (AvgIpc) is 2.45. The molecule has 0 fully saturated rings. The molecule has 2 N–H and O–H groups in total. The van der Waals surface area contributed by atoms with Crippen molar-refractivity contribution in [1.29, 1.82) is 0 Å². The lowest BCUT2D eigenvalue weighted by atomic mass is 10.2. The van der Waals surface area contributed by atoms with Crippen molar-refractivity contribution in [1.82, 2.24) is 5.32 Å². The second-order valence-corrected chi connectivity index (χ2v) is 3.84. The molecule has 0 saturated heterocycles. The van der Waals surface area contributed by atoms with E-state index in [4.69, 9.17) is 15.4 Å². The lowest BCUT2D eigenvalue weighted by Gasteiger charge is -2.13. The average molecular weight is 278 g/mol. The van der Waals surface area contributed by atoms with Crippen LogP contribution in [0.2, 0.25) is 0 Å². The molecular formula is C12H14N4O4. The van der Waals surface area contributed by atoms with Crippen LogP contribution in [-0.2, 0) is 16.1 Å². The van der Waals surface area contributed by atoms with E-state index >= 15 is 0 Å². The number of carbonyl (C=O) groups excluding carboxylic acids is 1. The van der Waals surface area contributed by atoms with Crippen molar-refractivity contribution < 1.29 is 19.4 Å². The Labute approximate surface area is 115 Å². The summed E-state index contributed by atoms with van der Waals surface area (Å²) < 4.78 is 4.90. The summed E-state index contributed by atoms with van der Waals surface area (Å²) >= 11 is 0. The molecule has 0 aliphatic rings. The van der Waals surface area contributed by atoms with Crippen molar-refractivity contribution >= 4 is 12.1 Å². The zero-order valence-corrected chi connectivity index (χ0v) is 10.6. The second-order valence-electron chi connectivity index (χ2n) is 3.84. The number of nitrogens with one attached hydrogen (secondary N) is 1. The first-order valence-corrected chi connectivity index (χ1v) is 5.84. The molecule has 0 spiro atoms. The Bertz CT molecular complexity index is 499. The molecule has 0 radical (unpaired) electrons. The first-order valence-electron chi connectivity index (χ1n) is 5.84. The van der Waals surface area contributed by atoms with Crippen LogP contribution in [0.1, 0.15) is 12.0 Å². The molecule has 8 heteroatoms. The van der Waals surface area contributed by atoms with Crippen molar-refractivity contribution in [3.05, 3.63) is 46.3 Å². The zero-order valence-electron chi connectivity index (χ0n) is 10.6. The molecule has 1 aromatic rings. The van der Waals surface area contributed by atoms with Gasteiger partial charge in [-0.15, -0.1) is 0 Å². The van der Waals surface area contributed by atoms with Crippen LogP contribution >= 0.6 is 0 Å². The SMILES string of the molecule is [N-]=[N+]=NCC[C@H](NC(=O)OCc1ccccc1)C(=O)O. The lowest BCUT2D eigenvalue weighted by Crippen LogP contribution is -2.41. The van der Waals surface area contributed by atoms with E-state index in [2.05, 4.69) is 15.3 Å². The highest BCUT2D eigenvalue weighted by Crippen LogP contribution is 2.01. The van der Waals surface area contributed by atoms with Crippen LogP contribution in [-0.4, -0.2) is 29.8 Å². The molecule has 0 bridgehead atoms. The van der Waals surface area contributed by atoms with Gasteiger partial charge in [-0.05, 0) is 17.5 Å². The summed E-state index contributed by atoms with van der Waals surface area (Å²) in [7, 11) is 0. The van der Waals surface area contributed by atoms with E-state index in [1.54, 1.807) is 24.3 Å². The summed E-state index contributed by atoms with van der Waals surface area (Å²) in [6.07, 6.45) is -0.831. The van der Waals surface area contributed by atoms with Gasteiger partial charge in [0, 0.05) is 11.5 Å². The molecule has 0 aliphatic heterocycles. The highest BCUT2D eigenvalue weighted by molar-refractivity contribution is 5.79. The fourth-order valence-electron chi connectivity index (χ4n) is 1.40. The number of carbonyl (C=O) groups is 2. The summed E-state index contributed by atoms with van der Waals surface area (Å²) in [6, 6.07) is 7.85. The smallest absolute Gasteiger partial charge is 0.408 e. The monoisotopic (exact) mass is 278 g/mol. The molecule has 1 amide bonds. The van der Waals surface area contributed by atoms with E-state index in [-0.39, 0.29) is 19.6 Å². The van der Waals surface area contributed by atoms with Crippen molar-refractivity contribution in [3.63, 3.8) is 0 Å². The number of hydrogen-bond donors (Lipinski definition) is 2. The molecule has 1 aromatic carbocycles. The number of alkyl carbamates (subject to hydrolysis) is 1. The van der Waals surface area contributed by atoms with Crippen LogP contribution in [0.3, 0.4) is 0 Å². The number of azide groups is 1. The van der Waals surface area contributed by atoms with Gasteiger partial charge in [-0.25, -0.2) is 9.59 Å². The lowest BCUT2D eigenvalue weighted by molar-refractivity contribution is -0.139. The van der Waals surface area contributed by atoms with Gasteiger partial charge >= 0.3 is 12.1 Å². The Morgan fingerprint density at radius 2 is 2.10 bits per heavy atom. The normalized spacial score (nSPS) is 11.0. The Morgan fingerprint density at radius 1 is 1.40 bits per heavy atom. The molecule has 0 aromatic heterocycles. The van der Waals surface area contributed by atoms with E-state index in [1.807, 2.05) is 6.07 Å². The molecule has 106 valence electrons. The minimum Gasteiger partial charge on any atom is -0.480 e. The minimum atomic E-state index is -1.21. The molecule has 0 heterocycles. The molecule has 0 saturated carbocycles. The van der Waals surface area contributed by atoms with Crippen LogP contribution in [0.25, 0.3) is 10.4 Å². The number of carboxylic acid groups (broad SMARTS) is 1. The van der Waals surface area contributed by atoms with Crippen LogP contribution in [0, 0.1) is 0 Å². The maximum atomic E-state index is 11.5. The van der Waals surface area contributed by atoms with Gasteiger partial charge in [0.1, 0.15) is 12.6 Å². The number of amides is 1. The number of aliphatic carboxylic acids is 1. The number of carboxylic acids is 1. The summed E-state index contributed by atoms with van der Waals surface area (Å²) in [6.45, 7) is 0.0296. The maximum absolute atomic E-state index is 11.5. The third kappa shape index (κ3) is 5.74. The van der Waals surface area contributed by atoms with Crippen molar-refractivity contribution in [2.24, 2.45) is 5.11 Å². The fourth-order valence-corrected chi connectivity index (χ4v) is 1.40. The number of benzene rings is 1. The Morgan fingerprint density at radius 3 is 2.70 bits per heavy atom. The summed E-state index contributed by atoms with van der Waals surface area (Å²) in [5.74, 6) is -1.21. The molecular weight excluding hydrogens is 264 g/mol. The van der Waals surface area contributed by atoms with E-state index in [0.717, 1.165) is 5.56 Å². The largest absolute Gasteiger partial charge is 0.480 e. The minimum absolute atomic E-state index is 0.000168. The van der Waals surface area contributed by atoms with Gasteiger partial charge in [-0.2, -0.15) is 0 Å². The molecule has 8 nitrogen and oxygen atoms in total. The van der Waals surface area contributed by atoms with E-state index < -0.39 is 18.1 Å². The Balaban J connectivity index is 2.41. The zero-order chi connectivity index (χ0) is 14.8. The summed E-state index contributed by atoms with van der Waals surface area (Å²) in [5, 5.41) is 14.3. The molecule has 0 unspecified atom stereocenters. The van der Waals surface area contributed by atoms with E-state index in [1.165, 1.54) is 0 Å². The summed E-state index contributed by atoms with van der Waals surface area (Å²) in [4.78, 5) is 24.9. The van der Waals surface area contributed by atoms with E-state index in [9.17, 15) is 9.59 Å². The maximum Gasteiger partial charge on any atom is 0.408 e. The predicted molar refractivity (Wildman–Crippen MR) is 69.8 cm³/mol. The van der Waals surface area contributed by atoms with Crippen molar-refractivity contribution in [2.45, 2.75) is 19.1 Å². The van der Waals surface area contributed by atoms with E-state index in [0.29, 0.717) is 0 Å². The van der Waals surface area contributed by atoms with Crippen LogP contribution < -0.4 is 5.32 Å². The van der Waals surface area contributed by atoms with Crippen LogP contribution in [0.4, 0.5) is 4.79 Å². The number of ether oxygens (including phenoxy) is 1. The third-order valence-electron chi connectivity index (χ3n) is 2.38.